The molecule has 0 amide bonds. The van der Waals surface area contributed by atoms with Gasteiger partial charge in [-0.25, -0.2) is 0 Å². The number of hydrogen-bond acceptors (Lipinski definition) is 2. The number of allylic oxidation sites excluding steroid dienone is 6. The van der Waals surface area contributed by atoms with E-state index in [9.17, 15) is 8.78 Å². The highest BCUT2D eigenvalue weighted by atomic mass is 19.3. The number of unbranched alkanes of at least 4 members (excludes halogenated alkanes) is 1. The molecule has 0 heterocycles. The van der Waals surface area contributed by atoms with Crippen LogP contribution < -0.4 is 5.73 Å². The molecule has 2 N–H and O–H groups in total. The van der Waals surface area contributed by atoms with Crippen molar-refractivity contribution in [2.45, 2.75) is 32.1 Å². The third-order valence-corrected chi connectivity index (χ3v) is 2.28. The SMILES string of the molecule is C=C(C)C(F)(F)C(=C)/C=C\CC/C=C(\N)CC#N. The van der Waals surface area contributed by atoms with Gasteiger partial charge in [-0.3, -0.25) is 0 Å². The monoisotopic (exact) mass is 252 g/mol. The lowest BCUT2D eigenvalue weighted by Crippen LogP contribution is -2.18. The Balaban J connectivity index is 4.21. The lowest BCUT2D eigenvalue weighted by Gasteiger charge is -2.16. The maximum Gasteiger partial charge on any atom is 0.293 e. The first-order valence-corrected chi connectivity index (χ1v) is 5.53. The predicted octanol–water partition coefficient (Wildman–Crippen LogP) is 3.85. The third-order valence-electron chi connectivity index (χ3n) is 2.28. The molecule has 0 saturated carbocycles. The first-order valence-electron chi connectivity index (χ1n) is 5.53. The van der Waals surface area contributed by atoms with Gasteiger partial charge in [0.25, 0.3) is 5.92 Å². The first kappa shape index (κ1) is 16.1. The molecule has 0 atom stereocenters. The van der Waals surface area contributed by atoms with E-state index in [1.54, 1.807) is 12.2 Å². The number of nitrogens with two attached hydrogens (primary N) is 1. The summed E-state index contributed by atoms with van der Waals surface area (Å²) in [6, 6.07) is 1.92. The highest BCUT2D eigenvalue weighted by Crippen LogP contribution is 2.30. The molecule has 18 heavy (non-hydrogen) atoms. The van der Waals surface area contributed by atoms with Crippen LogP contribution in [0.4, 0.5) is 8.78 Å². The Kier molecular flexibility index (Phi) is 6.66. The second-order valence-electron chi connectivity index (χ2n) is 3.97. The molecular formula is C14H18F2N2. The van der Waals surface area contributed by atoms with Gasteiger partial charge in [0.2, 0.25) is 0 Å². The summed E-state index contributed by atoms with van der Waals surface area (Å²) in [6.07, 6.45) is 5.98. The maximum absolute atomic E-state index is 13.4. The van der Waals surface area contributed by atoms with Crippen LogP contribution in [-0.4, -0.2) is 5.92 Å². The van der Waals surface area contributed by atoms with Crippen LogP contribution in [0.3, 0.4) is 0 Å². The number of rotatable bonds is 7. The van der Waals surface area contributed by atoms with Crippen molar-refractivity contribution in [2.24, 2.45) is 5.73 Å². The van der Waals surface area contributed by atoms with Crippen molar-refractivity contribution in [1.82, 2.24) is 0 Å². The quantitative estimate of drug-likeness (QED) is 0.425. The topological polar surface area (TPSA) is 49.8 Å². The van der Waals surface area contributed by atoms with Gasteiger partial charge in [-0.15, -0.1) is 0 Å². The molecule has 2 nitrogen and oxygen atoms in total. The van der Waals surface area contributed by atoms with E-state index in [1.165, 1.54) is 13.0 Å². The zero-order chi connectivity index (χ0) is 14.2. The van der Waals surface area contributed by atoms with E-state index in [1.807, 2.05) is 6.07 Å². The number of hydrogen-bond donors (Lipinski definition) is 1. The van der Waals surface area contributed by atoms with Gasteiger partial charge in [-0.1, -0.05) is 31.4 Å². The fourth-order valence-corrected chi connectivity index (χ4v) is 1.13. The summed E-state index contributed by atoms with van der Waals surface area (Å²) in [7, 11) is 0. The zero-order valence-electron chi connectivity index (χ0n) is 10.5. The van der Waals surface area contributed by atoms with Crippen molar-refractivity contribution in [2.75, 3.05) is 0 Å². The number of alkyl halides is 2. The van der Waals surface area contributed by atoms with E-state index in [2.05, 4.69) is 13.2 Å². The highest BCUT2D eigenvalue weighted by molar-refractivity contribution is 5.31. The van der Waals surface area contributed by atoms with Crippen LogP contribution in [0.1, 0.15) is 26.2 Å². The van der Waals surface area contributed by atoms with Gasteiger partial charge in [-0.2, -0.15) is 14.0 Å². The highest BCUT2D eigenvalue weighted by Gasteiger charge is 2.31. The Morgan fingerprint density at radius 2 is 2.00 bits per heavy atom. The number of nitrogens with zero attached hydrogens (tertiary/aromatic N) is 1. The minimum atomic E-state index is -3.06. The average Bonchev–Trinajstić information content (AvgIpc) is 2.28. The summed E-state index contributed by atoms with van der Waals surface area (Å²) in [4.78, 5) is 0. The normalized spacial score (nSPS) is 12.4. The molecule has 0 aromatic heterocycles. The number of nitriles is 1. The lowest BCUT2D eigenvalue weighted by atomic mass is 10.0. The van der Waals surface area contributed by atoms with Crippen molar-refractivity contribution in [3.63, 3.8) is 0 Å². The number of halogens is 2. The van der Waals surface area contributed by atoms with Crippen LogP contribution in [0.5, 0.6) is 0 Å². The Hall–Kier alpha value is -1.89. The summed E-state index contributed by atoms with van der Waals surface area (Å²) in [6.45, 7) is 7.83. The van der Waals surface area contributed by atoms with Crippen molar-refractivity contribution < 1.29 is 8.78 Å². The Labute approximate surface area is 107 Å². The van der Waals surface area contributed by atoms with E-state index < -0.39 is 5.92 Å². The molecule has 0 saturated heterocycles. The van der Waals surface area contributed by atoms with Crippen LogP contribution in [0.2, 0.25) is 0 Å². The molecule has 0 fully saturated rings. The van der Waals surface area contributed by atoms with Gasteiger partial charge < -0.3 is 5.73 Å². The van der Waals surface area contributed by atoms with Crippen LogP contribution in [0.15, 0.2) is 48.2 Å². The van der Waals surface area contributed by atoms with Crippen LogP contribution in [0, 0.1) is 11.3 Å². The van der Waals surface area contributed by atoms with Crippen molar-refractivity contribution in [3.05, 3.63) is 48.2 Å². The summed E-state index contributed by atoms with van der Waals surface area (Å²) >= 11 is 0. The van der Waals surface area contributed by atoms with Gasteiger partial charge in [0, 0.05) is 11.3 Å². The minimum absolute atomic E-state index is 0.185. The first-order chi connectivity index (χ1) is 8.32. The van der Waals surface area contributed by atoms with E-state index in [0.717, 1.165) is 0 Å². The largest absolute Gasteiger partial charge is 0.401 e. The molecule has 0 aliphatic heterocycles. The van der Waals surface area contributed by atoms with E-state index in [-0.39, 0.29) is 17.6 Å². The third kappa shape index (κ3) is 5.44. The van der Waals surface area contributed by atoms with E-state index in [0.29, 0.717) is 18.5 Å². The fraction of sp³-hybridized carbons (Fsp3) is 0.357. The summed E-state index contributed by atoms with van der Waals surface area (Å²) < 4.78 is 26.7. The van der Waals surface area contributed by atoms with Crippen LogP contribution >= 0.6 is 0 Å². The summed E-state index contributed by atoms with van der Waals surface area (Å²) in [5.74, 6) is -3.06. The van der Waals surface area contributed by atoms with Gasteiger partial charge in [-0.05, 0) is 25.3 Å². The van der Waals surface area contributed by atoms with Gasteiger partial charge in [0.05, 0.1) is 12.5 Å². The molecule has 0 bridgehead atoms. The van der Waals surface area contributed by atoms with Crippen molar-refractivity contribution >= 4 is 0 Å². The molecule has 0 aliphatic carbocycles. The van der Waals surface area contributed by atoms with E-state index >= 15 is 0 Å². The molecule has 98 valence electrons. The standard InChI is InChI=1S/C14H18F2N2/c1-11(2)14(15,16)12(3)7-5-4-6-8-13(18)9-10-17/h5,7-8H,1,3-4,6,9,18H2,2H3/b7-5-,13-8-. The average molecular weight is 252 g/mol. The molecule has 0 aliphatic rings. The zero-order valence-corrected chi connectivity index (χ0v) is 10.5. The predicted molar refractivity (Wildman–Crippen MR) is 69.8 cm³/mol. The molecular weight excluding hydrogens is 234 g/mol. The second kappa shape index (κ2) is 7.44. The van der Waals surface area contributed by atoms with Gasteiger partial charge in [0.1, 0.15) is 0 Å². The minimum Gasteiger partial charge on any atom is -0.401 e. The summed E-state index contributed by atoms with van der Waals surface area (Å²) in [5, 5.41) is 8.37. The lowest BCUT2D eigenvalue weighted by molar-refractivity contribution is 0.0882. The van der Waals surface area contributed by atoms with Crippen molar-refractivity contribution in [1.29, 1.82) is 5.26 Å². The van der Waals surface area contributed by atoms with Gasteiger partial charge >= 0.3 is 0 Å². The molecule has 0 radical (unpaired) electrons. The fourth-order valence-electron chi connectivity index (χ4n) is 1.13. The molecule has 0 unspecified atom stereocenters. The smallest absolute Gasteiger partial charge is 0.293 e. The maximum atomic E-state index is 13.4. The van der Waals surface area contributed by atoms with Gasteiger partial charge in [0.15, 0.2) is 0 Å². The second-order valence-corrected chi connectivity index (χ2v) is 3.97. The molecule has 4 heteroatoms. The van der Waals surface area contributed by atoms with Crippen molar-refractivity contribution in [3.8, 4) is 6.07 Å². The van der Waals surface area contributed by atoms with Crippen LogP contribution in [-0.2, 0) is 0 Å². The molecule has 0 spiro atoms. The molecule has 0 aromatic carbocycles. The Morgan fingerprint density at radius 3 is 2.50 bits per heavy atom. The molecule has 0 rings (SSSR count). The van der Waals surface area contributed by atoms with Crippen LogP contribution in [0.25, 0.3) is 0 Å². The van der Waals surface area contributed by atoms with E-state index in [4.69, 9.17) is 11.0 Å². The summed E-state index contributed by atoms with van der Waals surface area (Å²) in [5.41, 5.74) is 5.50. The molecule has 0 aromatic rings. The Morgan fingerprint density at radius 1 is 1.39 bits per heavy atom. The Bertz CT molecular complexity index is 412.